The van der Waals surface area contributed by atoms with E-state index in [2.05, 4.69) is 19.9 Å². The van der Waals surface area contributed by atoms with Gasteiger partial charge in [-0.2, -0.15) is 0 Å². The Morgan fingerprint density at radius 2 is 1.81 bits per heavy atom. The number of nitrogens with one attached hydrogen (secondary N) is 1. The van der Waals surface area contributed by atoms with Crippen LogP contribution in [0, 0.1) is 5.82 Å². The van der Waals surface area contributed by atoms with E-state index in [1.54, 1.807) is 5.51 Å². The van der Waals surface area contributed by atoms with Crippen molar-refractivity contribution in [1.82, 2.24) is 19.9 Å². The van der Waals surface area contributed by atoms with Gasteiger partial charge in [0.15, 0.2) is 0 Å². The molecular formula is C22H15FN6OS2. The van der Waals surface area contributed by atoms with Crippen molar-refractivity contribution in [3.63, 3.8) is 0 Å². The molecule has 3 heterocycles. The van der Waals surface area contributed by atoms with Crippen LogP contribution in [0.1, 0.15) is 0 Å². The minimum absolute atomic E-state index is 0.401. The van der Waals surface area contributed by atoms with Crippen molar-refractivity contribution in [3.05, 3.63) is 78.3 Å². The number of anilines is 2. The Morgan fingerprint density at radius 1 is 1.03 bits per heavy atom. The first-order chi connectivity index (χ1) is 15.6. The molecule has 0 aliphatic heterocycles. The third kappa shape index (κ3) is 3.81. The van der Waals surface area contributed by atoms with E-state index in [1.807, 2.05) is 36.4 Å². The van der Waals surface area contributed by atoms with E-state index in [4.69, 9.17) is 5.73 Å². The first-order valence-corrected chi connectivity index (χ1v) is 11.2. The molecular weight excluding hydrogens is 447 g/mol. The number of urea groups is 1. The summed E-state index contributed by atoms with van der Waals surface area (Å²) in [5.74, 6) is -0.401. The Bertz CT molecular complexity index is 1400. The molecule has 2 amide bonds. The van der Waals surface area contributed by atoms with Gasteiger partial charge in [0, 0.05) is 5.69 Å². The van der Waals surface area contributed by atoms with E-state index in [0.29, 0.717) is 26.4 Å². The molecule has 0 fully saturated rings. The van der Waals surface area contributed by atoms with Crippen molar-refractivity contribution >= 4 is 50.9 Å². The molecule has 5 rings (SSSR count). The van der Waals surface area contributed by atoms with Gasteiger partial charge >= 0.3 is 6.03 Å². The van der Waals surface area contributed by atoms with E-state index in [9.17, 15) is 9.18 Å². The van der Waals surface area contributed by atoms with E-state index in [-0.39, 0.29) is 0 Å². The van der Waals surface area contributed by atoms with Gasteiger partial charge in [-0.15, -0.1) is 11.3 Å². The van der Waals surface area contributed by atoms with Crippen LogP contribution < -0.4 is 10.6 Å². The molecule has 0 aliphatic rings. The molecule has 3 aromatic heterocycles. The number of H-pyrrole nitrogens is 1. The summed E-state index contributed by atoms with van der Waals surface area (Å²) >= 11 is 2.57. The van der Waals surface area contributed by atoms with Crippen molar-refractivity contribution in [1.29, 1.82) is 0 Å². The maximum absolute atomic E-state index is 13.4. The number of thiazole rings is 1. The highest BCUT2D eigenvalue weighted by Gasteiger charge is 2.23. The second-order valence-corrected chi connectivity index (χ2v) is 8.52. The van der Waals surface area contributed by atoms with Crippen molar-refractivity contribution in [3.8, 4) is 11.3 Å². The van der Waals surface area contributed by atoms with Gasteiger partial charge in [-0.25, -0.2) is 24.1 Å². The molecule has 3 N–H and O–H groups in total. The summed E-state index contributed by atoms with van der Waals surface area (Å²) in [5.41, 5.74) is 10.4. The molecule has 0 saturated heterocycles. The number of amides is 2. The second kappa shape index (κ2) is 8.40. The number of carbonyl (C=O) groups is 1. The van der Waals surface area contributed by atoms with Crippen LogP contribution in [-0.2, 0) is 0 Å². The predicted molar refractivity (Wildman–Crippen MR) is 124 cm³/mol. The standard InChI is InChI=1S/C22H15FN6OS2/c23-14-6-8-15(9-7-14)29(22(24)30)21-20(27-12-31-21)32-19-16-10-17(13-4-2-1-3-5-13)28-18(16)25-11-26-19/h1-12H,(H2,24,30)(H,25,26,28). The number of primary amides is 1. The normalized spacial score (nSPS) is 11.0. The average Bonchev–Trinajstić information content (AvgIpc) is 3.44. The number of rotatable bonds is 5. The van der Waals surface area contributed by atoms with Gasteiger partial charge in [0.1, 0.15) is 32.8 Å². The fourth-order valence-corrected chi connectivity index (χ4v) is 5.13. The number of hydrogen-bond donors (Lipinski definition) is 2. The summed E-state index contributed by atoms with van der Waals surface area (Å²) < 4.78 is 13.4. The highest BCUT2D eigenvalue weighted by molar-refractivity contribution is 7.99. The topological polar surface area (TPSA) is 101 Å². The van der Waals surface area contributed by atoms with E-state index >= 15 is 0 Å². The number of fused-ring (bicyclic) bond motifs is 1. The quantitative estimate of drug-likeness (QED) is 0.332. The summed E-state index contributed by atoms with van der Waals surface area (Å²) in [5, 5.41) is 2.60. The summed E-state index contributed by atoms with van der Waals surface area (Å²) in [6.45, 7) is 0. The molecule has 5 aromatic rings. The Labute approximate surface area is 190 Å². The second-order valence-electron chi connectivity index (χ2n) is 6.70. The molecule has 10 heteroatoms. The first-order valence-electron chi connectivity index (χ1n) is 9.46. The molecule has 0 unspecified atom stereocenters. The summed E-state index contributed by atoms with van der Waals surface area (Å²) in [4.78, 5) is 30.1. The predicted octanol–water partition coefficient (Wildman–Crippen LogP) is 5.59. The molecule has 158 valence electrons. The lowest BCUT2D eigenvalue weighted by molar-refractivity contribution is 0.256. The highest BCUT2D eigenvalue weighted by atomic mass is 32.2. The van der Waals surface area contributed by atoms with Gasteiger partial charge in [0.2, 0.25) is 0 Å². The number of nitrogens with zero attached hydrogens (tertiary/aromatic N) is 4. The van der Waals surface area contributed by atoms with Crippen molar-refractivity contribution < 1.29 is 9.18 Å². The zero-order chi connectivity index (χ0) is 22.1. The lowest BCUT2D eigenvalue weighted by Crippen LogP contribution is -2.31. The van der Waals surface area contributed by atoms with Crippen LogP contribution >= 0.6 is 23.1 Å². The molecule has 32 heavy (non-hydrogen) atoms. The average molecular weight is 463 g/mol. The van der Waals surface area contributed by atoms with E-state index < -0.39 is 11.8 Å². The van der Waals surface area contributed by atoms with Crippen molar-refractivity contribution in [2.45, 2.75) is 10.1 Å². The lowest BCUT2D eigenvalue weighted by atomic mass is 10.1. The van der Waals surface area contributed by atoms with Crippen LogP contribution in [-0.4, -0.2) is 26.0 Å². The fourth-order valence-electron chi connectivity index (χ4n) is 3.25. The lowest BCUT2D eigenvalue weighted by Gasteiger charge is -2.19. The molecule has 7 nitrogen and oxygen atoms in total. The van der Waals surface area contributed by atoms with Crippen LogP contribution in [0.3, 0.4) is 0 Å². The smallest absolute Gasteiger partial charge is 0.324 e. The van der Waals surface area contributed by atoms with E-state index in [0.717, 1.165) is 16.6 Å². The summed E-state index contributed by atoms with van der Waals surface area (Å²) in [6, 6.07) is 16.8. The Morgan fingerprint density at radius 3 is 2.56 bits per heavy atom. The maximum atomic E-state index is 13.4. The monoisotopic (exact) mass is 462 g/mol. The van der Waals surface area contributed by atoms with Gasteiger partial charge in [0.25, 0.3) is 0 Å². The Kier molecular flexibility index (Phi) is 5.29. The number of hydrogen-bond acceptors (Lipinski definition) is 6. The zero-order valence-corrected chi connectivity index (χ0v) is 18.0. The first kappa shape index (κ1) is 20.2. The van der Waals surface area contributed by atoms with Gasteiger partial charge in [-0.3, -0.25) is 4.90 Å². The van der Waals surface area contributed by atoms with Crippen LogP contribution in [0.15, 0.2) is 82.6 Å². The number of aromatic amines is 1. The minimum atomic E-state index is -0.691. The van der Waals surface area contributed by atoms with Gasteiger partial charge < -0.3 is 10.7 Å². The SMILES string of the molecule is NC(=O)N(c1ccc(F)cc1)c1scnc1Sc1ncnc2[nH]c(-c3ccccc3)cc12. The minimum Gasteiger partial charge on any atom is -0.351 e. The molecule has 2 aromatic carbocycles. The fraction of sp³-hybridized carbons (Fsp3) is 0. The number of aromatic nitrogens is 4. The number of benzene rings is 2. The van der Waals surface area contributed by atoms with Gasteiger partial charge in [0.05, 0.1) is 16.6 Å². The van der Waals surface area contributed by atoms with Crippen LogP contribution in [0.5, 0.6) is 0 Å². The van der Waals surface area contributed by atoms with Crippen LogP contribution in [0.4, 0.5) is 19.9 Å². The molecule has 0 atom stereocenters. The summed E-state index contributed by atoms with van der Waals surface area (Å²) in [6.07, 6.45) is 1.48. The van der Waals surface area contributed by atoms with Crippen molar-refractivity contribution in [2.75, 3.05) is 4.90 Å². The molecule has 0 radical (unpaired) electrons. The molecule has 0 aliphatic carbocycles. The Hall–Kier alpha value is -3.76. The maximum Gasteiger partial charge on any atom is 0.324 e. The van der Waals surface area contributed by atoms with E-state index in [1.165, 1.54) is 58.6 Å². The molecule has 0 spiro atoms. The number of halogens is 1. The third-order valence-corrected chi connectivity index (χ3v) is 6.64. The van der Waals surface area contributed by atoms with Gasteiger partial charge in [-0.1, -0.05) is 30.3 Å². The largest absolute Gasteiger partial charge is 0.351 e. The highest BCUT2D eigenvalue weighted by Crippen LogP contribution is 2.41. The zero-order valence-electron chi connectivity index (χ0n) is 16.4. The number of nitrogens with two attached hydrogens (primary N) is 1. The van der Waals surface area contributed by atoms with Crippen LogP contribution in [0.2, 0.25) is 0 Å². The Balaban J connectivity index is 1.53. The molecule has 0 bridgehead atoms. The number of carbonyl (C=O) groups excluding carboxylic acids is 1. The molecule has 0 saturated carbocycles. The summed E-state index contributed by atoms with van der Waals surface area (Å²) in [7, 11) is 0. The van der Waals surface area contributed by atoms with Crippen LogP contribution in [0.25, 0.3) is 22.3 Å². The third-order valence-electron chi connectivity index (χ3n) is 4.69. The van der Waals surface area contributed by atoms with Gasteiger partial charge in [-0.05, 0) is 47.7 Å². The van der Waals surface area contributed by atoms with Crippen molar-refractivity contribution in [2.24, 2.45) is 5.73 Å².